The van der Waals surface area contributed by atoms with Gasteiger partial charge in [-0.1, -0.05) is 58.2 Å². The third kappa shape index (κ3) is 7.86. The monoisotopic (exact) mass is 591 g/mol. The Morgan fingerprint density at radius 3 is 2.35 bits per heavy atom. The predicted octanol–water partition coefficient (Wildman–Crippen LogP) is 4.85. The number of nitrogens with one attached hydrogen (secondary N) is 1. The second-order valence-electron chi connectivity index (χ2n) is 8.01. The van der Waals surface area contributed by atoms with Gasteiger partial charge in [-0.2, -0.15) is 0 Å². The zero-order chi connectivity index (χ0) is 25.6. The van der Waals surface area contributed by atoms with Crippen molar-refractivity contribution >= 4 is 66.7 Å². The molecule has 0 spiro atoms. The number of hydrogen-bond donors (Lipinski definition) is 1. The average molecular weight is 593 g/mol. The topological polar surface area (TPSA) is 86.8 Å². The predicted molar refractivity (Wildman–Crippen MR) is 141 cm³/mol. The highest BCUT2D eigenvalue weighted by molar-refractivity contribution is 9.10. The van der Waals surface area contributed by atoms with Gasteiger partial charge in [0.05, 0.1) is 17.0 Å². The second-order valence-corrected chi connectivity index (χ2v) is 11.7. The minimum absolute atomic E-state index is 0.0711. The van der Waals surface area contributed by atoms with Gasteiger partial charge in [-0.3, -0.25) is 13.9 Å². The molecule has 0 bridgehead atoms. The van der Waals surface area contributed by atoms with Crippen LogP contribution in [0.4, 0.5) is 5.69 Å². The van der Waals surface area contributed by atoms with E-state index in [2.05, 4.69) is 21.2 Å². The first-order valence-electron chi connectivity index (χ1n) is 10.6. The Hall–Kier alpha value is -1.81. The molecule has 0 saturated carbocycles. The molecule has 34 heavy (non-hydrogen) atoms. The van der Waals surface area contributed by atoms with Crippen LogP contribution in [-0.2, 0) is 26.2 Å². The lowest BCUT2D eigenvalue weighted by molar-refractivity contribution is -0.139. The first kappa shape index (κ1) is 28.4. The van der Waals surface area contributed by atoms with Crippen LogP contribution in [0, 0.1) is 0 Å². The zero-order valence-corrected chi connectivity index (χ0v) is 23.3. The molecule has 11 heteroatoms. The molecule has 0 saturated heterocycles. The molecule has 0 aliphatic heterocycles. The number of hydrogen-bond acceptors (Lipinski definition) is 4. The molecule has 0 unspecified atom stereocenters. The van der Waals surface area contributed by atoms with E-state index < -0.39 is 28.5 Å². The highest BCUT2D eigenvalue weighted by Crippen LogP contribution is 2.30. The summed E-state index contributed by atoms with van der Waals surface area (Å²) in [5.41, 5.74) is 0.905. The van der Waals surface area contributed by atoms with Crippen LogP contribution in [0.2, 0.25) is 10.0 Å². The lowest BCUT2D eigenvalue weighted by Gasteiger charge is -2.32. The minimum Gasteiger partial charge on any atom is -0.352 e. The van der Waals surface area contributed by atoms with Crippen LogP contribution in [0.15, 0.2) is 46.9 Å². The van der Waals surface area contributed by atoms with Crippen LogP contribution in [0.3, 0.4) is 0 Å². The minimum atomic E-state index is -3.88. The van der Waals surface area contributed by atoms with Gasteiger partial charge in [-0.05, 0) is 56.2 Å². The Balaban J connectivity index is 2.42. The normalized spacial score (nSPS) is 13.1. The molecule has 0 aliphatic rings. The highest BCUT2D eigenvalue weighted by Gasteiger charge is 2.31. The number of carbonyl (C=O) groups is 2. The number of rotatable bonds is 10. The number of halogens is 3. The lowest BCUT2D eigenvalue weighted by atomic mass is 10.1. The van der Waals surface area contributed by atoms with Gasteiger partial charge in [-0.25, -0.2) is 8.42 Å². The Labute approximate surface area is 219 Å². The molecule has 186 valence electrons. The largest absolute Gasteiger partial charge is 0.352 e. The van der Waals surface area contributed by atoms with Crippen LogP contribution >= 0.6 is 39.1 Å². The summed E-state index contributed by atoms with van der Waals surface area (Å²) in [4.78, 5) is 27.7. The summed E-state index contributed by atoms with van der Waals surface area (Å²) in [7, 11) is -3.88. The highest BCUT2D eigenvalue weighted by atomic mass is 79.9. The molecule has 2 aromatic carbocycles. The molecular weight excluding hydrogens is 565 g/mol. The molecule has 0 heterocycles. The maximum atomic E-state index is 13.5. The first-order valence-corrected chi connectivity index (χ1v) is 14.0. The van der Waals surface area contributed by atoms with Crippen molar-refractivity contribution in [2.24, 2.45) is 0 Å². The molecule has 0 aromatic heterocycles. The second kappa shape index (κ2) is 12.2. The van der Waals surface area contributed by atoms with Crippen molar-refractivity contribution in [3.63, 3.8) is 0 Å². The summed E-state index contributed by atoms with van der Waals surface area (Å²) >= 11 is 15.6. The molecular formula is C23H28BrCl2N3O4S. The number of anilines is 1. The van der Waals surface area contributed by atoms with Crippen LogP contribution in [-0.4, -0.2) is 50.0 Å². The van der Waals surface area contributed by atoms with Crippen LogP contribution < -0.4 is 9.62 Å². The standard InChI is InChI=1S/C23H28BrCl2N3O4S/c1-5-15(2)27-23(31)16(3)28(13-17-7-6-8-18(24)11-17)22(30)14-29(34(4,32)33)21-10-9-19(25)12-20(21)26/h6-12,15-16H,5,13-14H2,1-4H3,(H,27,31)/t15-,16-/m1/s1. The third-order valence-corrected chi connectivity index (χ3v) is 7.43. The van der Waals surface area contributed by atoms with E-state index in [1.54, 1.807) is 6.92 Å². The van der Waals surface area contributed by atoms with Crippen molar-refractivity contribution in [2.45, 2.75) is 45.8 Å². The fourth-order valence-corrected chi connectivity index (χ4v) is 5.03. The average Bonchev–Trinajstić information content (AvgIpc) is 2.74. The zero-order valence-electron chi connectivity index (χ0n) is 19.4. The van der Waals surface area contributed by atoms with E-state index in [1.807, 2.05) is 38.1 Å². The summed E-state index contributed by atoms with van der Waals surface area (Å²) in [6, 6.07) is 10.8. The van der Waals surface area contributed by atoms with Gasteiger partial charge >= 0.3 is 0 Å². The van der Waals surface area contributed by atoms with Crippen LogP contribution in [0.25, 0.3) is 0 Å². The maximum absolute atomic E-state index is 13.5. The summed E-state index contributed by atoms with van der Waals surface area (Å²) < 4.78 is 26.9. The third-order valence-electron chi connectivity index (χ3n) is 5.27. The molecule has 2 aromatic rings. The molecule has 2 rings (SSSR count). The first-order chi connectivity index (χ1) is 15.8. The smallest absolute Gasteiger partial charge is 0.244 e. The Bertz CT molecular complexity index is 1150. The summed E-state index contributed by atoms with van der Waals surface area (Å²) in [5, 5.41) is 3.31. The number of carbonyl (C=O) groups excluding carboxylic acids is 2. The van der Waals surface area contributed by atoms with Crippen LogP contribution in [0.5, 0.6) is 0 Å². The van der Waals surface area contributed by atoms with Gasteiger partial charge in [-0.15, -0.1) is 0 Å². The van der Waals surface area contributed by atoms with Crippen molar-refractivity contribution in [2.75, 3.05) is 17.1 Å². The molecule has 0 aliphatic carbocycles. The molecule has 0 fully saturated rings. The fourth-order valence-electron chi connectivity index (χ4n) is 3.16. The molecule has 2 atom stereocenters. The van der Waals surface area contributed by atoms with Gasteiger partial charge < -0.3 is 10.2 Å². The fraction of sp³-hybridized carbons (Fsp3) is 0.391. The van der Waals surface area contributed by atoms with Crippen LogP contribution in [0.1, 0.15) is 32.8 Å². The van der Waals surface area contributed by atoms with Gasteiger partial charge in [0.1, 0.15) is 12.6 Å². The van der Waals surface area contributed by atoms with Gasteiger partial charge in [0.25, 0.3) is 0 Å². The van der Waals surface area contributed by atoms with E-state index >= 15 is 0 Å². The Morgan fingerprint density at radius 2 is 1.79 bits per heavy atom. The van der Waals surface area contributed by atoms with Crippen molar-refractivity contribution < 1.29 is 18.0 Å². The van der Waals surface area contributed by atoms with Crippen molar-refractivity contribution in [3.05, 3.63) is 62.5 Å². The molecule has 0 radical (unpaired) electrons. The number of nitrogens with zero attached hydrogens (tertiary/aromatic N) is 2. The van der Waals surface area contributed by atoms with E-state index in [4.69, 9.17) is 23.2 Å². The van der Waals surface area contributed by atoms with E-state index in [0.29, 0.717) is 5.02 Å². The molecule has 1 N–H and O–H groups in total. The summed E-state index contributed by atoms with van der Waals surface area (Å²) in [5.74, 6) is -0.878. The summed E-state index contributed by atoms with van der Waals surface area (Å²) in [6.07, 6.45) is 1.72. The maximum Gasteiger partial charge on any atom is 0.244 e. The Morgan fingerprint density at radius 1 is 1.12 bits per heavy atom. The van der Waals surface area contributed by atoms with Gasteiger partial charge in [0.2, 0.25) is 21.8 Å². The van der Waals surface area contributed by atoms with E-state index in [1.165, 1.54) is 23.1 Å². The Kier molecular flexibility index (Phi) is 10.2. The summed E-state index contributed by atoms with van der Waals surface area (Å²) in [6.45, 7) is 5.01. The van der Waals surface area contributed by atoms with Gasteiger partial charge in [0, 0.05) is 22.1 Å². The van der Waals surface area contributed by atoms with E-state index in [0.717, 1.165) is 27.0 Å². The number of amides is 2. The number of benzene rings is 2. The molecule has 7 nitrogen and oxygen atoms in total. The number of sulfonamides is 1. The SMILES string of the molecule is CC[C@@H](C)NC(=O)[C@@H](C)N(Cc1cccc(Br)c1)C(=O)CN(c1ccc(Cl)cc1Cl)S(C)(=O)=O. The van der Waals surface area contributed by atoms with Crippen molar-refractivity contribution in [1.82, 2.24) is 10.2 Å². The quantitative estimate of drug-likeness (QED) is 0.427. The van der Waals surface area contributed by atoms with E-state index in [-0.39, 0.29) is 29.2 Å². The van der Waals surface area contributed by atoms with Gasteiger partial charge in [0.15, 0.2) is 0 Å². The lowest BCUT2D eigenvalue weighted by Crippen LogP contribution is -2.52. The van der Waals surface area contributed by atoms with E-state index in [9.17, 15) is 18.0 Å². The van der Waals surface area contributed by atoms with Crippen molar-refractivity contribution in [3.8, 4) is 0 Å². The molecule has 2 amide bonds. The van der Waals surface area contributed by atoms with Crippen molar-refractivity contribution in [1.29, 1.82) is 0 Å².